The number of amides is 1. The van der Waals surface area contributed by atoms with E-state index in [0.717, 1.165) is 65.3 Å². The van der Waals surface area contributed by atoms with E-state index in [1.54, 1.807) is 14.2 Å². The van der Waals surface area contributed by atoms with Gasteiger partial charge >= 0.3 is 0 Å². The summed E-state index contributed by atoms with van der Waals surface area (Å²) in [6.07, 6.45) is 0.665. The summed E-state index contributed by atoms with van der Waals surface area (Å²) in [5, 5.41) is 14.3. The summed E-state index contributed by atoms with van der Waals surface area (Å²) in [7, 11) is 3.28. The SMILES string of the molecule is COc1cc2c(Cc3ccccc3)nnc(N3CCN(CC(=O)Nc4ccc(CN)cc4)CC3)c2cc1OC. The Labute approximate surface area is 228 Å². The van der Waals surface area contributed by atoms with Crippen molar-refractivity contribution in [3.63, 3.8) is 0 Å². The van der Waals surface area contributed by atoms with Crippen molar-refractivity contribution in [2.45, 2.75) is 13.0 Å². The van der Waals surface area contributed by atoms with Crippen molar-refractivity contribution >= 4 is 28.2 Å². The van der Waals surface area contributed by atoms with E-state index >= 15 is 0 Å². The molecule has 0 saturated carbocycles. The number of methoxy groups -OCH3 is 2. The molecule has 0 aliphatic carbocycles. The topological polar surface area (TPSA) is 106 Å². The number of nitrogens with two attached hydrogens (primary N) is 1. The number of piperazine rings is 1. The van der Waals surface area contributed by atoms with Crippen molar-refractivity contribution in [2.75, 3.05) is 57.2 Å². The van der Waals surface area contributed by atoms with Crippen LogP contribution in [-0.2, 0) is 17.8 Å². The van der Waals surface area contributed by atoms with Gasteiger partial charge in [-0.25, -0.2) is 0 Å². The van der Waals surface area contributed by atoms with Crippen LogP contribution in [0.5, 0.6) is 11.5 Å². The highest BCUT2D eigenvalue weighted by atomic mass is 16.5. The van der Waals surface area contributed by atoms with Gasteiger partial charge in [-0.3, -0.25) is 9.69 Å². The van der Waals surface area contributed by atoms with Crippen molar-refractivity contribution in [2.24, 2.45) is 5.73 Å². The molecule has 1 saturated heterocycles. The second-order valence-corrected chi connectivity index (χ2v) is 9.60. The first-order chi connectivity index (χ1) is 19.1. The molecule has 1 aliphatic rings. The van der Waals surface area contributed by atoms with Gasteiger partial charge in [0.05, 0.1) is 26.5 Å². The third-order valence-electron chi connectivity index (χ3n) is 7.07. The first-order valence-electron chi connectivity index (χ1n) is 13.1. The smallest absolute Gasteiger partial charge is 0.238 e. The Bertz CT molecular complexity index is 1420. The van der Waals surface area contributed by atoms with Gasteiger partial charge in [0.1, 0.15) is 0 Å². The zero-order valence-corrected chi connectivity index (χ0v) is 22.4. The minimum atomic E-state index is -0.0312. The zero-order chi connectivity index (χ0) is 27.2. The van der Waals surface area contributed by atoms with Crippen LogP contribution in [0.1, 0.15) is 16.8 Å². The zero-order valence-electron chi connectivity index (χ0n) is 22.4. The van der Waals surface area contributed by atoms with Crippen LogP contribution in [0.2, 0.25) is 0 Å². The highest BCUT2D eigenvalue weighted by molar-refractivity contribution is 5.96. The molecule has 1 fully saturated rings. The molecule has 202 valence electrons. The van der Waals surface area contributed by atoms with Crippen LogP contribution in [0.15, 0.2) is 66.7 Å². The van der Waals surface area contributed by atoms with Crippen molar-refractivity contribution in [1.29, 1.82) is 0 Å². The average molecular weight is 527 g/mol. The van der Waals surface area contributed by atoms with Gasteiger partial charge in [0, 0.05) is 55.6 Å². The van der Waals surface area contributed by atoms with E-state index in [0.29, 0.717) is 31.0 Å². The summed E-state index contributed by atoms with van der Waals surface area (Å²) in [6.45, 7) is 3.75. The molecule has 5 rings (SSSR count). The van der Waals surface area contributed by atoms with Gasteiger partial charge in [-0.1, -0.05) is 42.5 Å². The molecule has 0 unspecified atom stereocenters. The Morgan fingerprint density at radius 3 is 2.18 bits per heavy atom. The quantitative estimate of drug-likeness (QED) is 0.342. The van der Waals surface area contributed by atoms with E-state index < -0.39 is 0 Å². The number of benzene rings is 3. The minimum Gasteiger partial charge on any atom is -0.493 e. The Hall–Kier alpha value is -4.21. The van der Waals surface area contributed by atoms with Crippen molar-refractivity contribution in [3.8, 4) is 11.5 Å². The van der Waals surface area contributed by atoms with Crippen molar-refractivity contribution in [1.82, 2.24) is 15.1 Å². The van der Waals surface area contributed by atoms with Crippen LogP contribution in [0.3, 0.4) is 0 Å². The molecule has 1 amide bonds. The van der Waals surface area contributed by atoms with E-state index in [1.165, 1.54) is 0 Å². The molecule has 1 aliphatic heterocycles. The van der Waals surface area contributed by atoms with E-state index in [-0.39, 0.29) is 5.91 Å². The van der Waals surface area contributed by atoms with Gasteiger partial charge in [-0.15, -0.1) is 5.10 Å². The van der Waals surface area contributed by atoms with Crippen LogP contribution in [0.25, 0.3) is 10.8 Å². The fourth-order valence-electron chi connectivity index (χ4n) is 4.92. The number of rotatable bonds is 9. The van der Waals surface area contributed by atoms with E-state index in [4.69, 9.17) is 15.2 Å². The number of carbonyl (C=O) groups is 1. The van der Waals surface area contributed by atoms with Crippen LogP contribution in [0, 0.1) is 0 Å². The maximum absolute atomic E-state index is 12.6. The number of nitrogens with zero attached hydrogens (tertiary/aromatic N) is 4. The Morgan fingerprint density at radius 2 is 1.54 bits per heavy atom. The minimum absolute atomic E-state index is 0.0312. The van der Waals surface area contributed by atoms with Crippen molar-refractivity contribution in [3.05, 3.63) is 83.6 Å². The van der Waals surface area contributed by atoms with Crippen LogP contribution >= 0.6 is 0 Å². The number of hydrogen-bond acceptors (Lipinski definition) is 8. The molecule has 3 aromatic carbocycles. The second-order valence-electron chi connectivity index (χ2n) is 9.60. The molecule has 39 heavy (non-hydrogen) atoms. The standard InChI is InChI=1S/C30H34N6O3/c1-38-27-17-24-25(18-28(27)39-2)30(34-33-26(24)16-21-6-4-3-5-7-21)36-14-12-35(13-15-36)20-29(37)32-23-10-8-22(19-31)9-11-23/h3-11,17-18H,12-16,19-20,31H2,1-2H3,(H,32,37). The first-order valence-corrected chi connectivity index (χ1v) is 13.1. The lowest BCUT2D eigenvalue weighted by Crippen LogP contribution is -2.49. The van der Waals surface area contributed by atoms with Gasteiger partial charge < -0.3 is 25.4 Å². The largest absolute Gasteiger partial charge is 0.493 e. The van der Waals surface area contributed by atoms with Gasteiger partial charge in [0.2, 0.25) is 5.91 Å². The summed E-state index contributed by atoms with van der Waals surface area (Å²) >= 11 is 0. The van der Waals surface area contributed by atoms with Crippen LogP contribution in [0.4, 0.5) is 11.5 Å². The van der Waals surface area contributed by atoms with Gasteiger partial charge in [-0.05, 0) is 35.4 Å². The highest BCUT2D eigenvalue weighted by Crippen LogP contribution is 2.37. The third kappa shape index (κ3) is 6.10. The summed E-state index contributed by atoms with van der Waals surface area (Å²) in [5.41, 5.74) is 9.51. The summed E-state index contributed by atoms with van der Waals surface area (Å²) in [6, 6.07) is 21.8. The predicted octanol–water partition coefficient (Wildman–Crippen LogP) is 3.46. The van der Waals surface area contributed by atoms with Gasteiger partial charge in [-0.2, -0.15) is 5.10 Å². The predicted molar refractivity (Wildman–Crippen MR) is 154 cm³/mol. The Balaban J connectivity index is 1.31. The number of ether oxygens (including phenoxy) is 2. The van der Waals surface area contributed by atoms with Crippen molar-refractivity contribution < 1.29 is 14.3 Å². The number of aromatic nitrogens is 2. The van der Waals surface area contributed by atoms with Crippen LogP contribution in [-0.4, -0.2) is 67.9 Å². The highest BCUT2D eigenvalue weighted by Gasteiger charge is 2.24. The molecule has 3 N–H and O–H groups in total. The van der Waals surface area contributed by atoms with E-state index in [2.05, 4.69) is 37.4 Å². The molecule has 0 spiro atoms. The number of fused-ring (bicyclic) bond motifs is 1. The number of anilines is 2. The molecule has 2 heterocycles. The van der Waals surface area contributed by atoms with Crippen LogP contribution < -0.4 is 25.4 Å². The fraction of sp³-hybridized carbons (Fsp3) is 0.300. The number of nitrogens with one attached hydrogen (secondary N) is 1. The van der Waals surface area contributed by atoms with Gasteiger partial charge in [0.25, 0.3) is 0 Å². The molecule has 0 bridgehead atoms. The van der Waals surface area contributed by atoms with E-state index in [1.807, 2.05) is 54.6 Å². The number of carbonyl (C=O) groups excluding carboxylic acids is 1. The second kappa shape index (κ2) is 12.1. The molecule has 0 atom stereocenters. The summed E-state index contributed by atoms with van der Waals surface area (Å²) in [4.78, 5) is 17.0. The fourth-order valence-corrected chi connectivity index (χ4v) is 4.92. The maximum Gasteiger partial charge on any atom is 0.238 e. The maximum atomic E-state index is 12.6. The molecular formula is C30H34N6O3. The summed E-state index contributed by atoms with van der Waals surface area (Å²) < 4.78 is 11.2. The van der Waals surface area contributed by atoms with Gasteiger partial charge in [0.15, 0.2) is 17.3 Å². The lowest BCUT2D eigenvalue weighted by atomic mass is 10.0. The normalized spacial score (nSPS) is 13.9. The molecular weight excluding hydrogens is 492 g/mol. The Kier molecular flexibility index (Phi) is 8.19. The Morgan fingerprint density at radius 1 is 0.872 bits per heavy atom. The summed E-state index contributed by atoms with van der Waals surface area (Å²) in [5.74, 6) is 2.09. The monoisotopic (exact) mass is 526 g/mol. The molecule has 9 nitrogen and oxygen atoms in total. The lowest BCUT2D eigenvalue weighted by Gasteiger charge is -2.35. The molecule has 4 aromatic rings. The third-order valence-corrected chi connectivity index (χ3v) is 7.07. The molecule has 1 aromatic heterocycles. The van der Waals surface area contributed by atoms with E-state index in [9.17, 15) is 4.79 Å². The first kappa shape index (κ1) is 26.4. The number of hydrogen-bond donors (Lipinski definition) is 2. The average Bonchev–Trinajstić information content (AvgIpc) is 2.98. The molecule has 9 heteroatoms. The molecule has 0 radical (unpaired) electrons. The lowest BCUT2D eigenvalue weighted by molar-refractivity contribution is -0.117.